The minimum absolute atomic E-state index is 0.0382. The van der Waals surface area contributed by atoms with Gasteiger partial charge >= 0.3 is 5.97 Å². The number of hydrogen-bond donors (Lipinski definition) is 0. The lowest BCUT2D eigenvalue weighted by Crippen LogP contribution is -2.34. The third-order valence-electron chi connectivity index (χ3n) is 3.38. The van der Waals surface area contributed by atoms with Gasteiger partial charge in [0.25, 0.3) is 0 Å². The van der Waals surface area contributed by atoms with Crippen molar-refractivity contribution < 1.29 is 17.9 Å². The lowest BCUT2D eigenvalue weighted by atomic mass is 10.0. The lowest BCUT2D eigenvalue weighted by molar-refractivity contribution is -0.140. The Balaban J connectivity index is 2.44. The van der Waals surface area contributed by atoms with Crippen molar-refractivity contribution in [3.8, 4) is 0 Å². The number of methoxy groups -OCH3 is 1. The molecular weight excluding hydrogens is 254 g/mol. The van der Waals surface area contributed by atoms with Crippen LogP contribution in [0.4, 0.5) is 0 Å². The molecule has 0 spiro atoms. The van der Waals surface area contributed by atoms with E-state index >= 15 is 0 Å². The third-order valence-corrected chi connectivity index (χ3v) is 5.34. The first-order valence-electron chi connectivity index (χ1n) is 6.50. The van der Waals surface area contributed by atoms with Crippen molar-refractivity contribution >= 4 is 16.0 Å². The molecule has 1 unspecified atom stereocenters. The summed E-state index contributed by atoms with van der Waals surface area (Å²) < 4.78 is 30.3. The minimum atomic E-state index is -3.21. The second-order valence-corrected chi connectivity index (χ2v) is 7.02. The average Bonchev–Trinajstić information content (AvgIpc) is 2.54. The van der Waals surface area contributed by atoms with E-state index in [0.29, 0.717) is 25.4 Å². The van der Waals surface area contributed by atoms with E-state index in [2.05, 4.69) is 11.7 Å². The number of sulfonamides is 1. The summed E-state index contributed by atoms with van der Waals surface area (Å²) in [5, 5.41) is 0. The number of ether oxygens (including phenoxy) is 1. The van der Waals surface area contributed by atoms with Crippen molar-refractivity contribution in [3.63, 3.8) is 0 Å². The van der Waals surface area contributed by atoms with Crippen molar-refractivity contribution in [2.75, 3.05) is 26.0 Å². The van der Waals surface area contributed by atoms with Gasteiger partial charge in [0.15, 0.2) is 0 Å². The van der Waals surface area contributed by atoms with E-state index in [0.717, 1.165) is 19.3 Å². The van der Waals surface area contributed by atoms with Crippen LogP contribution >= 0.6 is 0 Å². The number of carbonyl (C=O) groups is 1. The molecule has 18 heavy (non-hydrogen) atoms. The summed E-state index contributed by atoms with van der Waals surface area (Å²) in [5.74, 6) is 0.284. The largest absolute Gasteiger partial charge is 0.469 e. The van der Waals surface area contributed by atoms with Crippen molar-refractivity contribution in [1.29, 1.82) is 0 Å². The molecule has 0 N–H and O–H groups in total. The number of hydrogen-bond acceptors (Lipinski definition) is 4. The van der Waals surface area contributed by atoms with Crippen LogP contribution in [0.25, 0.3) is 0 Å². The molecule has 6 heteroatoms. The topological polar surface area (TPSA) is 63.7 Å². The first kappa shape index (κ1) is 15.4. The zero-order valence-corrected chi connectivity index (χ0v) is 12.0. The maximum absolute atomic E-state index is 12.1. The van der Waals surface area contributed by atoms with Crippen molar-refractivity contribution in [3.05, 3.63) is 0 Å². The van der Waals surface area contributed by atoms with E-state index in [9.17, 15) is 13.2 Å². The molecule has 1 aliphatic rings. The van der Waals surface area contributed by atoms with Crippen LogP contribution in [0.1, 0.15) is 39.0 Å². The summed E-state index contributed by atoms with van der Waals surface area (Å²) in [6, 6.07) is 0. The molecule has 0 aliphatic carbocycles. The lowest BCUT2D eigenvalue weighted by Gasteiger charge is -2.19. The molecule has 0 aromatic carbocycles. The van der Waals surface area contributed by atoms with Gasteiger partial charge in [-0.2, -0.15) is 0 Å². The fourth-order valence-electron chi connectivity index (χ4n) is 2.14. The highest BCUT2D eigenvalue weighted by atomic mass is 32.2. The van der Waals surface area contributed by atoms with Crippen LogP contribution in [0.5, 0.6) is 0 Å². The Morgan fingerprint density at radius 1 is 1.33 bits per heavy atom. The summed E-state index contributed by atoms with van der Waals surface area (Å²) in [6.07, 6.45) is 3.45. The second-order valence-electron chi connectivity index (χ2n) is 4.93. The predicted octanol–water partition coefficient (Wildman–Crippen LogP) is 1.39. The van der Waals surface area contributed by atoms with Crippen molar-refractivity contribution in [1.82, 2.24) is 4.31 Å². The molecule has 1 heterocycles. The highest BCUT2D eigenvalue weighted by molar-refractivity contribution is 7.89. The van der Waals surface area contributed by atoms with Gasteiger partial charge in [-0.3, -0.25) is 4.79 Å². The van der Waals surface area contributed by atoms with Crippen LogP contribution < -0.4 is 0 Å². The van der Waals surface area contributed by atoms with E-state index in [1.165, 1.54) is 7.11 Å². The fourth-order valence-corrected chi connectivity index (χ4v) is 3.70. The van der Waals surface area contributed by atoms with E-state index in [4.69, 9.17) is 0 Å². The van der Waals surface area contributed by atoms with E-state index in [-0.39, 0.29) is 18.1 Å². The molecule has 0 bridgehead atoms. The molecule has 0 radical (unpaired) electrons. The van der Waals surface area contributed by atoms with Gasteiger partial charge in [0.1, 0.15) is 0 Å². The van der Waals surface area contributed by atoms with Gasteiger partial charge in [-0.15, -0.1) is 0 Å². The van der Waals surface area contributed by atoms with Crippen LogP contribution in [0, 0.1) is 5.92 Å². The Morgan fingerprint density at radius 3 is 2.72 bits per heavy atom. The Bertz CT molecular complexity index is 366. The van der Waals surface area contributed by atoms with Crippen molar-refractivity contribution in [2.45, 2.75) is 39.0 Å². The zero-order valence-electron chi connectivity index (χ0n) is 11.2. The van der Waals surface area contributed by atoms with Gasteiger partial charge in [0, 0.05) is 19.5 Å². The van der Waals surface area contributed by atoms with Crippen LogP contribution in [0.2, 0.25) is 0 Å². The summed E-state index contributed by atoms with van der Waals surface area (Å²) in [6.45, 7) is 3.39. The molecule has 0 amide bonds. The molecule has 106 valence electrons. The maximum atomic E-state index is 12.1. The van der Waals surface area contributed by atoms with Gasteiger partial charge in [-0.05, 0) is 31.6 Å². The van der Waals surface area contributed by atoms with Gasteiger partial charge < -0.3 is 4.74 Å². The quantitative estimate of drug-likeness (QED) is 0.712. The SMILES string of the molecule is COC(=O)CCCS(=O)(=O)N1CCCC(C)CC1. The first-order valence-corrected chi connectivity index (χ1v) is 8.11. The summed E-state index contributed by atoms with van der Waals surface area (Å²) in [4.78, 5) is 10.9. The standard InChI is InChI=1S/C12H23NO4S/c1-11-5-3-8-13(9-7-11)18(15,16)10-4-6-12(14)17-2/h11H,3-10H2,1-2H3. The molecule has 1 saturated heterocycles. The minimum Gasteiger partial charge on any atom is -0.469 e. The highest BCUT2D eigenvalue weighted by Crippen LogP contribution is 2.19. The monoisotopic (exact) mass is 277 g/mol. The smallest absolute Gasteiger partial charge is 0.305 e. The van der Waals surface area contributed by atoms with Crippen LogP contribution in [0.3, 0.4) is 0 Å². The first-order chi connectivity index (χ1) is 8.45. The molecular formula is C12H23NO4S. The van der Waals surface area contributed by atoms with Gasteiger partial charge in [-0.25, -0.2) is 12.7 Å². The fraction of sp³-hybridized carbons (Fsp3) is 0.917. The molecule has 0 saturated carbocycles. The Labute approximate surface area is 110 Å². The zero-order chi connectivity index (χ0) is 13.6. The Kier molecular flexibility index (Phi) is 6.08. The summed E-state index contributed by atoms with van der Waals surface area (Å²) >= 11 is 0. The molecule has 1 fully saturated rings. The predicted molar refractivity (Wildman–Crippen MR) is 69.6 cm³/mol. The van der Waals surface area contributed by atoms with Crippen LogP contribution in [-0.2, 0) is 19.6 Å². The van der Waals surface area contributed by atoms with Gasteiger partial charge in [-0.1, -0.05) is 6.92 Å². The third kappa shape index (κ3) is 4.94. The van der Waals surface area contributed by atoms with Gasteiger partial charge in [0.2, 0.25) is 10.0 Å². The second kappa shape index (κ2) is 7.09. The molecule has 1 aliphatic heterocycles. The van der Waals surface area contributed by atoms with E-state index < -0.39 is 10.0 Å². The maximum Gasteiger partial charge on any atom is 0.305 e. The molecule has 1 rings (SSSR count). The number of rotatable bonds is 5. The molecule has 0 aromatic heterocycles. The van der Waals surface area contributed by atoms with Crippen LogP contribution in [0.15, 0.2) is 0 Å². The van der Waals surface area contributed by atoms with Gasteiger partial charge in [0.05, 0.1) is 12.9 Å². The van der Waals surface area contributed by atoms with E-state index in [1.54, 1.807) is 4.31 Å². The summed E-state index contributed by atoms with van der Waals surface area (Å²) in [7, 11) is -1.90. The average molecular weight is 277 g/mol. The van der Waals surface area contributed by atoms with Crippen LogP contribution in [-0.4, -0.2) is 44.6 Å². The Morgan fingerprint density at radius 2 is 2.06 bits per heavy atom. The molecule has 5 nitrogen and oxygen atoms in total. The van der Waals surface area contributed by atoms with Crippen molar-refractivity contribution in [2.24, 2.45) is 5.92 Å². The number of carbonyl (C=O) groups excluding carboxylic acids is 1. The highest BCUT2D eigenvalue weighted by Gasteiger charge is 2.24. The molecule has 0 aromatic rings. The van der Waals surface area contributed by atoms with E-state index in [1.807, 2.05) is 0 Å². The number of nitrogens with zero attached hydrogens (tertiary/aromatic N) is 1. The summed E-state index contributed by atoms with van der Waals surface area (Å²) in [5.41, 5.74) is 0. The number of esters is 1. The normalized spacial score (nSPS) is 22.4. The molecule has 1 atom stereocenters. The Hall–Kier alpha value is -0.620.